The monoisotopic (exact) mass is 358 g/mol. The molecule has 2 N–H and O–H groups in total. The van der Waals surface area contributed by atoms with Gasteiger partial charge in [0.05, 0.1) is 16.6 Å². The summed E-state index contributed by atoms with van der Waals surface area (Å²) in [7, 11) is 0. The van der Waals surface area contributed by atoms with Crippen LogP contribution in [0.25, 0.3) is 10.9 Å². The smallest absolute Gasteiger partial charge is 0.340 e. The summed E-state index contributed by atoms with van der Waals surface area (Å²) in [5, 5.41) is 5.32. The number of nitrogens with one attached hydrogen (secondary N) is 2. The minimum absolute atomic E-state index is 0.0485. The lowest BCUT2D eigenvalue weighted by Gasteiger charge is -2.12. The van der Waals surface area contributed by atoms with Crippen molar-refractivity contribution in [3.63, 3.8) is 0 Å². The van der Waals surface area contributed by atoms with Crippen LogP contribution in [0.1, 0.15) is 26.5 Å². The second kappa shape index (κ2) is 5.51. The van der Waals surface area contributed by atoms with Gasteiger partial charge in [-0.15, -0.1) is 0 Å². The molecule has 1 aliphatic rings. The first-order chi connectivity index (χ1) is 12.3. The number of carbonyl (C=O) groups excluding carboxylic acids is 2. The van der Waals surface area contributed by atoms with Crippen molar-refractivity contribution in [3.8, 4) is 0 Å². The molecule has 0 saturated heterocycles. The van der Waals surface area contributed by atoms with E-state index in [4.69, 9.17) is 0 Å². The van der Waals surface area contributed by atoms with E-state index in [-0.39, 0.29) is 22.5 Å². The number of carbonyl (C=O) groups is 2. The van der Waals surface area contributed by atoms with Gasteiger partial charge >= 0.3 is 6.18 Å². The highest BCUT2D eigenvalue weighted by molar-refractivity contribution is 6.21. The van der Waals surface area contributed by atoms with Crippen LogP contribution in [0.15, 0.2) is 42.5 Å². The molecular formula is C17H9F3N4O2. The number of para-hydroxylation sites is 1. The highest BCUT2D eigenvalue weighted by atomic mass is 19.4. The van der Waals surface area contributed by atoms with Crippen molar-refractivity contribution in [2.24, 2.45) is 0 Å². The average molecular weight is 358 g/mol. The molecule has 0 aliphatic carbocycles. The molecule has 1 aliphatic heterocycles. The third-order valence-electron chi connectivity index (χ3n) is 3.86. The Morgan fingerprint density at radius 3 is 2.42 bits per heavy atom. The maximum absolute atomic E-state index is 13.1. The van der Waals surface area contributed by atoms with E-state index in [2.05, 4.69) is 20.6 Å². The van der Waals surface area contributed by atoms with Gasteiger partial charge < -0.3 is 5.32 Å². The lowest BCUT2D eigenvalue weighted by molar-refractivity contribution is -0.144. The maximum Gasteiger partial charge on any atom is 0.451 e. The van der Waals surface area contributed by atoms with Crippen LogP contribution in [-0.4, -0.2) is 21.8 Å². The number of benzene rings is 2. The number of hydrogen-bond acceptors (Lipinski definition) is 5. The van der Waals surface area contributed by atoms with Gasteiger partial charge in [-0.2, -0.15) is 13.2 Å². The van der Waals surface area contributed by atoms with Crippen molar-refractivity contribution in [3.05, 3.63) is 59.4 Å². The Labute approximate surface area is 144 Å². The molecule has 3 aromatic rings. The summed E-state index contributed by atoms with van der Waals surface area (Å²) in [6.07, 6.45) is -4.70. The Morgan fingerprint density at radius 2 is 1.65 bits per heavy atom. The molecular weight excluding hydrogens is 349 g/mol. The molecule has 6 nitrogen and oxygen atoms in total. The van der Waals surface area contributed by atoms with Gasteiger partial charge in [-0.1, -0.05) is 12.1 Å². The van der Waals surface area contributed by atoms with Crippen LogP contribution >= 0.6 is 0 Å². The zero-order valence-electron chi connectivity index (χ0n) is 12.9. The van der Waals surface area contributed by atoms with Crippen molar-refractivity contribution in [1.82, 2.24) is 15.3 Å². The summed E-state index contributed by atoms with van der Waals surface area (Å²) in [6.45, 7) is 0. The zero-order valence-corrected chi connectivity index (χ0v) is 12.9. The lowest BCUT2D eigenvalue weighted by atomic mass is 10.1. The third kappa shape index (κ3) is 2.63. The van der Waals surface area contributed by atoms with Gasteiger partial charge in [0.1, 0.15) is 5.82 Å². The third-order valence-corrected chi connectivity index (χ3v) is 3.86. The molecule has 0 atom stereocenters. The number of halogens is 3. The first-order valence-corrected chi connectivity index (χ1v) is 7.44. The summed E-state index contributed by atoms with van der Waals surface area (Å²) in [5.74, 6) is -2.39. The SMILES string of the molecule is O=C1NC(=O)c2cc(Nc3nc(C(F)(F)F)nc4ccccc34)ccc21. The summed E-state index contributed by atoms with van der Waals surface area (Å²) in [5.41, 5.74) is 0.815. The molecule has 2 heterocycles. The van der Waals surface area contributed by atoms with Gasteiger partial charge in [-0.25, -0.2) is 9.97 Å². The van der Waals surface area contributed by atoms with Gasteiger partial charge in [0.2, 0.25) is 5.82 Å². The second-order valence-electron chi connectivity index (χ2n) is 5.58. The van der Waals surface area contributed by atoms with E-state index in [1.807, 2.05) is 0 Å². The first-order valence-electron chi connectivity index (χ1n) is 7.44. The predicted octanol–water partition coefficient (Wildman–Crippen LogP) is 3.28. The van der Waals surface area contributed by atoms with Crippen LogP contribution in [0.3, 0.4) is 0 Å². The summed E-state index contributed by atoms with van der Waals surface area (Å²) in [6, 6.07) is 10.6. The molecule has 0 spiro atoms. The van der Waals surface area contributed by atoms with Crippen molar-refractivity contribution in [2.75, 3.05) is 5.32 Å². The number of imide groups is 1. The van der Waals surface area contributed by atoms with Gasteiger partial charge in [0, 0.05) is 11.1 Å². The Hall–Kier alpha value is -3.49. The average Bonchev–Trinajstić information content (AvgIpc) is 2.88. The fourth-order valence-corrected chi connectivity index (χ4v) is 2.68. The van der Waals surface area contributed by atoms with Gasteiger partial charge in [-0.05, 0) is 30.3 Å². The maximum atomic E-state index is 13.1. The van der Waals surface area contributed by atoms with Crippen LogP contribution in [-0.2, 0) is 6.18 Å². The molecule has 130 valence electrons. The van der Waals surface area contributed by atoms with E-state index < -0.39 is 23.8 Å². The molecule has 1 aromatic heterocycles. The van der Waals surface area contributed by atoms with Crippen LogP contribution in [0.4, 0.5) is 24.7 Å². The largest absolute Gasteiger partial charge is 0.451 e. The van der Waals surface area contributed by atoms with E-state index in [9.17, 15) is 22.8 Å². The number of amides is 2. The number of aromatic nitrogens is 2. The Morgan fingerprint density at radius 1 is 0.923 bits per heavy atom. The molecule has 0 radical (unpaired) electrons. The second-order valence-corrected chi connectivity index (χ2v) is 5.58. The van der Waals surface area contributed by atoms with E-state index in [1.165, 1.54) is 24.3 Å². The normalized spacial score (nSPS) is 13.7. The predicted molar refractivity (Wildman–Crippen MR) is 86.1 cm³/mol. The number of anilines is 2. The molecule has 26 heavy (non-hydrogen) atoms. The van der Waals surface area contributed by atoms with Gasteiger partial charge in [0.15, 0.2) is 0 Å². The van der Waals surface area contributed by atoms with Crippen molar-refractivity contribution in [1.29, 1.82) is 0 Å². The number of fused-ring (bicyclic) bond motifs is 2. The number of hydrogen-bond donors (Lipinski definition) is 2. The van der Waals surface area contributed by atoms with Gasteiger partial charge in [0.25, 0.3) is 11.8 Å². The van der Waals surface area contributed by atoms with Gasteiger partial charge in [-0.3, -0.25) is 14.9 Å². The van der Waals surface area contributed by atoms with E-state index in [0.717, 1.165) is 0 Å². The minimum Gasteiger partial charge on any atom is -0.340 e. The van der Waals surface area contributed by atoms with Crippen molar-refractivity contribution in [2.45, 2.75) is 6.18 Å². The Kier molecular flexibility index (Phi) is 3.39. The number of nitrogens with zero attached hydrogens (tertiary/aromatic N) is 2. The quantitative estimate of drug-likeness (QED) is 0.687. The van der Waals surface area contributed by atoms with E-state index in [0.29, 0.717) is 11.1 Å². The fraction of sp³-hybridized carbons (Fsp3) is 0.0588. The molecule has 0 fully saturated rings. The summed E-state index contributed by atoms with van der Waals surface area (Å²) >= 11 is 0. The number of alkyl halides is 3. The molecule has 0 bridgehead atoms. The molecule has 0 unspecified atom stereocenters. The topological polar surface area (TPSA) is 84.0 Å². The van der Waals surface area contributed by atoms with E-state index in [1.54, 1.807) is 18.2 Å². The molecule has 0 saturated carbocycles. The standard InChI is InChI=1S/C17H9F3N4O2/c18-17(19,20)16-22-12-4-2-1-3-10(12)13(23-16)21-8-5-6-9-11(7-8)15(26)24-14(9)25/h1-7H,(H,21,22,23)(H,24,25,26). The van der Waals surface area contributed by atoms with Crippen molar-refractivity contribution >= 4 is 34.2 Å². The van der Waals surface area contributed by atoms with Crippen LogP contribution < -0.4 is 10.6 Å². The highest BCUT2D eigenvalue weighted by Gasteiger charge is 2.35. The molecule has 4 rings (SSSR count). The van der Waals surface area contributed by atoms with Crippen LogP contribution in [0.2, 0.25) is 0 Å². The van der Waals surface area contributed by atoms with E-state index >= 15 is 0 Å². The summed E-state index contributed by atoms with van der Waals surface area (Å²) < 4.78 is 39.2. The minimum atomic E-state index is -4.70. The summed E-state index contributed by atoms with van der Waals surface area (Å²) in [4.78, 5) is 30.4. The first kappa shape index (κ1) is 16.0. The Bertz CT molecular complexity index is 1080. The Balaban J connectivity index is 1.81. The molecule has 9 heteroatoms. The number of rotatable bonds is 2. The fourth-order valence-electron chi connectivity index (χ4n) is 2.68. The zero-order chi connectivity index (χ0) is 18.5. The van der Waals surface area contributed by atoms with Crippen molar-refractivity contribution < 1.29 is 22.8 Å². The molecule has 2 aromatic carbocycles. The van der Waals surface area contributed by atoms with Crippen LogP contribution in [0, 0.1) is 0 Å². The highest BCUT2D eigenvalue weighted by Crippen LogP contribution is 2.32. The molecule has 2 amide bonds. The lowest BCUT2D eigenvalue weighted by Crippen LogP contribution is -2.19. The van der Waals surface area contributed by atoms with Crippen LogP contribution in [0.5, 0.6) is 0 Å².